The number of likely N-dealkylation sites (N-methyl/N-ethyl adjacent to an activating group) is 1. The summed E-state index contributed by atoms with van der Waals surface area (Å²) in [6, 6.07) is 6.97. The van der Waals surface area contributed by atoms with E-state index in [1.165, 1.54) is 4.90 Å². The highest BCUT2D eigenvalue weighted by Gasteiger charge is 2.18. The fourth-order valence-electron chi connectivity index (χ4n) is 1.73. The second-order valence-electron chi connectivity index (χ2n) is 4.36. The number of amides is 1. The van der Waals surface area contributed by atoms with Crippen molar-refractivity contribution >= 4 is 28.4 Å². The zero-order chi connectivity index (χ0) is 13.3. The van der Waals surface area contributed by atoms with E-state index in [2.05, 4.69) is 4.98 Å². The van der Waals surface area contributed by atoms with Gasteiger partial charge < -0.3 is 15.0 Å². The zero-order valence-electron chi connectivity index (χ0n) is 10.3. The van der Waals surface area contributed by atoms with Crippen LogP contribution in [-0.4, -0.2) is 40.6 Å². The largest absolute Gasteiger partial charge is 0.394 e. The van der Waals surface area contributed by atoms with Crippen LogP contribution < -0.4 is 0 Å². The van der Waals surface area contributed by atoms with Crippen molar-refractivity contribution < 1.29 is 9.90 Å². The van der Waals surface area contributed by atoms with Crippen LogP contribution in [0.4, 0.5) is 0 Å². The number of benzene rings is 1. The summed E-state index contributed by atoms with van der Waals surface area (Å²) in [5.41, 5.74) is 1.36. The first-order valence-corrected chi connectivity index (χ1v) is 6.07. The second-order valence-corrected chi connectivity index (χ2v) is 4.80. The molecule has 0 fully saturated rings. The summed E-state index contributed by atoms with van der Waals surface area (Å²) in [5, 5.41) is 10.6. The molecule has 4 nitrogen and oxygen atoms in total. The topological polar surface area (TPSA) is 56.3 Å². The van der Waals surface area contributed by atoms with E-state index < -0.39 is 0 Å². The van der Waals surface area contributed by atoms with E-state index in [0.717, 1.165) is 10.9 Å². The fourth-order valence-corrected chi connectivity index (χ4v) is 1.91. The first kappa shape index (κ1) is 12.9. The summed E-state index contributed by atoms with van der Waals surface area (Å²) in [6.07, 6.45) is 0. The number of aromatic nitrogens is 1. The lowest BCUT2D eigenvalue weighted by Crippen LogP contribution is -2.37. The van der Waals surface area contributed by atoms with Crippen LogP contribution in [-0.2, 0) is 0 Å². The Morgan fingerprint density at radius 1 is 1.50 bits per heavy atom. The first-order valence-electron chi connectivity index (χ1n) is 5.69. The van der Waals surface area contributed by atoms with Crippen LogP contribution >= 0.6 is 11.6 Å². The van der Waals surface area contributed by atoms with E-state index in [-0.39, 0.29) is 18.6 Å². The predicted octanol–water partition coefficient (Wildman–Crippen LogP) is 2.27. The number of halogens is 1. The SMILES string of the molecule is CC(CO)N(C)C(=O)c1cc2cc(Cl)ccc2[nH]1. The maximum atomic E-state index is 12.2. The van der Waals surface area contributed by atoms with Gasteiger partial charge in [0.1, 0.15) is 5.69 Å². The number of carbonyl (C=O) groups is 1. The van der Waals surface area contributed by atoms with Crippen molar-refractivity contribution in [3.63, 3.8) is 0 Å². The molecular weight excluding hydrogens is 252 g/mol. The molecule has 1 amide bonds. The molecular formula is C13H15ClN2O2. The van der Waals surface area contributed by atoms with Crippen LogP contribution in [0.2, 0.25) is 5.02 Å². The van der Waals surface area contributed by atoms with Crippen molar-refractivity contribution in [2.45, 2.75) is 13.0 Å². The monoisotopic (exact) mass is 266 g/mol. The maximum absolute atomic E-state index is 12.2. The normalized spacial score (nSPS) is 12.7. The van der Waals surface area contributed by atoms with Crippen molar-refractivity contribution in [3.8, 4) is 0 Å². The smallest absolute Gasteiger partial charge is 0.270 e. The van der Waals surface area contributed by atoms with Gasteiger partial charge in [0.15, 0.2) is 0 Å². The Kier molecular flexibility index (Phi) is 3.59. The highest BCUT2D eigenvalue weighted by Crippen LogP contribution is 2.20. The molecule has 5 heteroatoms. The quantitative estimate of drug-likeness (QED) is 0.895. The molecule has 1 unspecified atom stereocenters. The molecule has 96 valence electrons. The molecule has 0 spiro atoms. The molecule has 18 heavy (non-hydrogen) atoms. The van der Waals surface area contributed by atoms with E-state index in [9.17, 15) is 4.79 Å². The molecule has 2 aromatic rings. The van der Waals surface area contributed by atoms with Gasteiger partial charge >= 0.3 is 0 Å². The van der Waals surface area contributed by atoms with Crippen LogP contribution in [0.1, 0.15) is 17.4 Å². The number of aromatic amines is 1. The van der Waals surface area contributed by atoms with Gasteiger partial charge in [-0.2, -0.15) is 0 Å². The van der Waals surface area contributed by atoms with E-state index in [1.807, 2.05) is 6.07 Å². The van der Waals surface area contributed by atoms with Gasteiger partial charge in [-0.1, -0.05) is 11.6 Å². The van der Waals surface area contributed by atoms with E-state index in [1.54, 1.807) is 32.2 Å². The van der Waals surface area contributed by atoms with Crippen molar-refractivity contribution in [2.24, 2.45) is 0 Å². The average Bonchev–Trinajstić information content (AvgIpc) is 2.78. The molecule has 0 aliphatic rings. The standard InChI is InChI=1S/C13H15ClN2O2/c1-8(7-17)16(2)13(18)12-6-9-5-10(14)3-4-11(9)15-12/h3-6,8,15,17H,7H2,1-2H3. The Morgan fingerprint density at radius 3 is 2.89 bits per heavy atom. The number of aliphatic hydroxyl groups is 1. The number of fused-ring (bicyclic) bond motifs is 1. The zero-order valence-corrected chi connectivity index (χ0v) is 11.0. The van der Waals surface area contributed by atoms with Crippen molar-refractivity contribution in [1.29, 1.82) is 0 Å². The Bertz CT molecular complexity index is 579. The Labute approximate surface area is 110 Å². The second kappa shape index (κ2) is 5.00. The number of aliphatic hydroxyl groups excluding tert-OH is 1. The van der Waals surface area contributed by atoms with Gasteiger partial charge in [-0.3, -0.25) is 4.79 Å². The molecule has 1 aromatic carbocycles. The van der Waals surface area contributed by atoms with Crippen LogP contribution in [0.3, 0.4) is 0 Å². The molecule has 1 heterocycles. The summed E-state index contributed by atoms with van der Waals surface area (Å²) >= 11 is 5.90. The maximum Gasteiger partial charge on any atom is 0.270 e. The summed E-state index contributed by atoms with van der Waals surface area (Å²) < 4.78 is 0. The Balaban J connectivity index is 2.33. The van der Waals surface area contributed by atoms with Gasteiger partial charge in [-0.05, 0) is 31.2 Å². The van der Waals surface area contributed by atoms with Crippen molar-refractivity contribution in [2.75, 3.05) is 13.7 Å². The summed E-state index contributed by atoms with van der Waals surface area (Å²) in [4.78, 5) is 16.7. The predicted molar refractivity (Wildman–Crippen MR) is 72.0 cm³/mol. The van der Waals surface area contributed by atoms with Crippen LogP contribution in [0, 0.1) is 0 Å². The average molecular weight is 267 g/mol. The van der Waals surface area contributed by atoms with Crippen molar-refractivity contribution in [1.82, 2.24) is 9.88 Å². The number of rotatable bonds is 3. The van der Waals surface area contributed by atoms with Gasteiger partial charge in [0.2, 0.25) is 0 Å². The number of carbonyl (C=O) groups excluding carboxylic acids is 1. The van der Waals surface area contributed by atoms with Crippen LogP contribution in [0.25, 0.3) is 10.9 Å². The minimum absolute atomic E-state index is 0.0612. The lowest BCUT2D eigenvalue weighted by molar-refractivity contribution is 0.0677. The number of hydrogen-bond acceptors (Lipinski definition) is 2. The summed E-state index contributed by atoms with van der Waals surface area (Å²) in [5.74, 6) is -0.149. The van der Waals surface area contributed by atoms with E-state index >= 15 is 0 Å². The molecule has 0 saturated heterocycles. The lowest BCUT2D eigenvalue weighted by atomic mass is 10.2. The molecule has 1 aromatic heterocycles. The van der Waals surface area contributed by atoms with E-state index in [0.29, 0.717) is 10.7 Å². The molecule has 0 aliphatic carbocycles. The van der Waals surface area contributed by atoms with Gasteiger partial charge in [0.05, 0.1) is 12.6 Å². The summed E-state index contributed by atoms with van der Waals surface area (Å²) in [7, 11) is 1.67. The Morgan fingerprint density at radius 2 is 2.22 bits per heavy atom. The third-order valence-electron chi connectivity index (χ3n) is 3.06. The molecule has 1 atom stereocenters. The summed E-state index contributed by atoms with van der Waals surface area (Å²) in [6.45, 7) is 1.73. The third-order valence-corrected chi connectivity index (χ3v) is 3.29. The highest BCUT2D eigenvalue weighted by atomic mass is 35.5. The van der Waals surface area contributed by atoms with Crippen molar-refractivity contribution in [3.05, 3.63) is 35.0 Å². The van der Waals surface area contributed by atoms with Gasteiger partial charge in [0.25, 0.3) is 5.91 Å². The fraction of sp³-hybridized carbons (Fsp3) is 0.308. The third kappa shape index (κ3) is 2.35. The molecule has 0 aliphatic heterocycles. The van der Waals surface area contributed by atoms with E-state index in [4.69, 9.17) is 16.7 Å². The van der Waals surface area contributed by atoms with Crippen LogP contribution in [0.5, 0.6) is 0 Å². The molecule has 0 saturated carbocycles. The number of hydrogen-bond donors (Lipinski definition) is 2. The number of nitrogens with one attached hydrogen (secondary N) is 1. The Hall–Kier alpha value is -1.52. The molecule has 0 bridgehead atoms. The first-order chi connectivity index (χ1) is 8.52. The minimum atomic E-state index is -0.215. The van der Waals surface area contributed by atoms with Gasteiger partial charge in [-0.25, -0.2) is 0 Å². The molecule has 2 rings (SSSR count). The van der Waals surface area contributed by atoms with Crippen LogP contribution in [0.15, 0.2) is 24.3 Å². The van der Waals surface area contributed by atoms with Gasteiger partial charge in [0, 0.05) is 23.0 Å². The number of H-pyrrole nitrogens is 1. The molecule has 0 radical (unpaired) electrons. The minimum Gasteiger partial charge on any atom is -0.394 e. The molecule has 2 N–H and O–H groups in total. The lowest BCUT2D eigenvalue weighted by Gasteiger charge is -2.22. The highest BCUT2D eigenvalue weighted by molar-refractivity contribution is 6.31. The number of nitrogens with zero attached hydrogens (tertiary/aromatic N) is 1. The van der Waals surface area contributed by atoms with Gasteiger partial charge in [-0.15, -0.1) is 0 Å².